The highest BCUT2D eigenvalue weighted by Crippen LogP contribution is 2.24. The number of piperidine rings is 1. The number of halogens is 1. The third kappa shape index (κ3) is 3.67. The van der Waals surface area contributed by atoms with Crippen molar-refractivity contribution in [2.75, 3.05) is 18.0 Å². The maximum atomic E-state index is 12.3. The second kappa shape index (κ2) is 7.37. The van der Waals surface area contributed by atoms with E-state index in [1.807, 2.05) is 18.2 Å². The van der Waals surface area contributed by atoms with Crippen molar-refractivity contribution in [3.8, 4) is 11.3 Å². The summed E-state index contributed by atoms with van der Waals surface area (Å²) in [7, 11) is 0. The minimum absolute atomic E-state index is 0.0667. The van der Waals surface area contributed by atoms with Gasteiger partial charge in [-0.3, -0.25) is 9.89 Å². The van der Waals surface area contributed by atoms with Crippen LogP contribution in [0.15, 0.2) is 57.6 Å². The first-order valence-electron chi connectivity index (χ1n) is 8.61. The number of carbonyl (C=O) groups excluding carboxylic acids is 1. The molecule has 0 saturated carbocycles. The number of nitrogens with zero attached hydrogens (tertiary/aromatic N) is 2. The van der Waals surface area contributed by atoms with E-state index in [1.54, 1.807) is 12.1 Å². The van der Waals surface area contributed by atoms with Crippen LogP contribution in [0.5, 0.6) is 0 Å². The lowest BCUT2D eigenvalue weighted by Crippen LogP contribution is -2.47. The Hall–Kier alpha value is -2.54. The second-order valence-electron chi connectivity index (χ2n) is 6.37. The molecule has 3 heterocycles. The molecule has 1 unspecified atom stereocenters. The number of amides is 1. The van der Waals surface area contributed by atoms with Crippen molar-refractivity contribution < 1.29 is 9.21 Å². The van der Waals surface area contributed by atoms with E-state index in [0.717, 1.165) is 43.0 Å². The lowest BCUT2D eigenvalue weighted by atomic mass is 10.1. The SMILES string of the molecule is O=C(NC1CCCN(c2cc(-c3ccccc3)[nH]n2)C1)c1ccc(Br)o1. The smallest absolute Gasteiger partial charge is 0.287 e. The molecule has 26 heavy (non-hydrogen) atoms. The fraction of sp³-hybridized carbons (Fsp3) is 0.263. The highest BCUT2D eigenvalue weighted by atomic mass is 79.9. The summed E-state index contributed by atoms with van der Waals surface area (Å²) in [6.45, 7) is 1.66. The Kier molecular flexibility index (Phi) is 4.79. The predicted molar refractivity (Wildman–Crippen MR) is 103 cm³/mol. The molecule has 7 heteroatoms. The number of rotatable bonds is 4. The topological polar surface area (TPSA) is 74.2 Å². The van der Waals surface area contributed by atoms with Gasteiger partial charge in [-0.15, -0.1) is 0 Å². The van der Waals surface area contributed by atoms with Gasteiger partial charge in [0.15, 0.2) is 16.2 Å². The number of furan rings is 1. The van der Waals surface area contributed by atoms with Crippen molar-refractivity contribution in [3.63, 3.8) is 0 Å². The number of anilines is 1. The van der Waals surface area contributed by atoms with E-state index >= 15 is 0 Å². The molecular weight excluding hydrogens is 396 g/mol. The fourth-order valence-electron chi connectivity index (χ4n) is 3.23. The summed E-state index contributed by atoms with van der Waals surface area (Å²) < 4.78 is 5.88. The summed E-state index contributed by atoms with van der Waals surface area (Å²) >= 11 is 3.22. The Labute approximate surface area is 159 Å². The molecule has 1 aliphatic rings. The van der Waals surface area contributed by atoms with Crippen LogP contribution in [0, 0.1) is 0 Å². The van der Waals surface area contributed by atoms with Crippen LogP contribution in [0.4, 0.5) is 5.82 Å². The van der Waals surface area contributed by atoms with Crippen molar-refractivity contribution in [3.05, 3.63) is 59.0 Å². The standard InChI is InChI=1S/C19H19BrN4O2/c20-17-9-8-16(26-17)19(25)21-14-7-4-10-24(12-14)18-11-15(22-23-18)13-5-2-1-3-6-13/h1-3,5-6,8-9,11,14H,4,7,10,12H2,(H,21,25)(H,22,23). The molecule has 134 valence electrons. The van der Waals surface area contributed by atoms with E-state index in [1.165, 1.54) is 0 Å². The van der Waals surface area contributed by atoms with Gasteiger partial charge in [0, 0.05) is 25.2 Å². The lowest BCUT2D eigenvalue weighted by molar-refractivity contribution is 0.0903. The molecule has 6 nitrogen and oxygen atoms in total. The van der Waals surface area contributed by atoms with Crippen LogP contribution in [0.1, 0.15) is 23.4 Å². The zero-order valence-electron chi connectivity index (χ0n) is 14.1. The minimum Gasteiger partial charge on any atom is -0.444 e. The van der Waals surface area contributed by atoms with Crippen molar-refractivity contribution in [2.45, 2.75) is 18.9 Å². The number of nitrogens with one attached hydrogen (secondary N) is 2. The van der Waals surface area contributed by atoms with Crippen molar-refractivity contribution >= 4 is 27.7 Å². The van der Waals surface area contributed by atoms with E-state index in [0.29, 0.717) is 10.4 Å². The minimum atomic E-state index is -0.186. The van der Waals surface area contributed by atoms with Crippen LogP contribution in [-0.2, 0) is 0 Å². The largest absolute Gasteiger partial charge is 0.444 e. The molecule has 1 fully saturated rings. The van der Waals surface area contributed by atoms with Crippen molar-refractivity contribution in [2.24, 2.45) is 0 Å². The molecule has 0 spiro atoms. The van der Waals surface area contributed by atoms with Crippen LogP contribution in [-0.4, -0.2) is 35.2 Å². The average Bonchev–Trinajstić information content (AvgIpc) is 3.32. The normalized spacial score (nSPS) is 17.3. The molecule has 0 aliphatic carbocycles. The number of carbonyl (C=O) groups is 1. The lowest BCUT2D eigenvalue weighted by Gasteiger charge is -2.33. The Morgan fingerprint density at radius 2 is 2.12 bits per heavy atom. The molecule has 1 aromatic carbocycles. The number of hydrogen-bond acceptors (Lipinski definition) is 4. The summed E-state index contributed by atoms with van der Waals surface area (Å²) in [5.74, 6) is 1.04. The molecule has 2 aromatic heterocycles. The van der Waals surface area contributed by atoms with Crippen LogP contribution < -0.4 is 10.2 Å². The number of aromatic amines is 1. The molecule has 1 saturated heterocycles. The highest BCUT2D eigenvalue weighted by Gasteiger charge is 2.24. The van der Waals surface area contributed by atoms with Gasteiger partial charge in [0.05, 0.1) is 5.69 Å². The van der Waals surface area contributed by atoms with E-state index < -0.39 is 0 Å². The van der Waals surface area contributed by atoms with Gasteiger partial charge >= 0.3 is 0 Å². The third-order valence-electron chi connectivity index (χ3n) is 4.53. The van der Waals surface area contributed by atoms with Gasteiger partial charge in [-0.05, 0) is 46.5 Å². The molecule has 0 radical (unpaired) electrons. The van der Waals surface area contributed by atoms with Gasteiger partial charge < -0.3 is 14.6 Å². The van der Waals surface area contributed by atoms with Gasteiger partial charge in [0.2, 0.25) is 0 Å². The summed E-state index contributed by atoms with van der Waals surface area (Å²) in [5, 5.41) is 10.6. The first-order chi connectivity index (χ1) is 12.7. The molecule has 0 bridgehead atoms. The first kappa shape index (κ1) is 16.9. The van der Waals surface area contributed by atoms with Crippen molar-refractivity contribution in [1.29, 1.82) is 0 Å². The first-order valence-corrected chi connectivity index (χ1v) is 9.40. The second-order valence-corrected chi connectivity index (χ2v) is 7.15. The highest BCUT2D eigenvalue weighted by molar-refractivity contribution is 9.10. The zero-order valence-corrected chi connectivity index (χ0v) is 15.7. The Balaban J connectivity index is 1.42. The Bertz CT molecular complexity index is 890. The third-order valence-corrected chi connectivity index (χ3v) is 4.95. The molecule has 3 aromatic rings. The number of aromatic nitrogens is 2. The Morgan fingerprint density at radius 1 is 1.27 bits per heavy atom. The van der Waals surface area contributed by atoms with Crippen LogP contribution in [0.25, 0.3) is 11.3 Å². The number of H-pyrrole nitrogens is 1. The predicted octanol–water partition coefficient (Wildman–Crippen LogP) is 3.83. The van der Waals surface area contributed by atoms with Gasteiger partial charge in [0.1, 0.15) is 0 Å². The molecule has 2 N–H and O–H groups in total. The van der Waals surface area contributed by atoms with Crippen LogP contribution in [0.2, 0.25) is 0 Å². The zero-order chi connectivity index (χ0) is 17.9. The van der Waals surface area contributed by atoms with Gasteiger partial charge in [-0.25, -0.2) is 0 Å². The van der Waals surface area contributed by atoms with E-state index in [4.69, 9.17) is 4.42 Å². The van der Waals surface area contributed by atoms with E-state index in [9.17, 15) is 4.79 Å². The molecular formula is C19H19BrN4O2. The quantitative estimate of drug-likeness (QED) is 0.679. The molecule has 1 aliphatic heterocycles. The van der Waals surface area contributed by atoms with Gasteiger partial charge in [0.25, 0.3) is 5.91 Å². The van der Waals surface area contributed by atoms with E-state index in [-0.39, 0.29) is 11.9 Å². The van der Waals surface area contributed by atoms with Crippen LogP contribution in [0.3, 0.4) is 0 Å². The van der Waals surface area contributed by atoms with Crippen LogP contribution >= 0.6 is 15.9 Å². The summed E-state index contributed by atoms with van der Waals surface area (Å²) in [6, 6.07) is 15.6. The van der Waals surface area contributed by atoms with Gasteiger partial charge in [-0.1, -0.05) is 30.3 Å². The molecule has 1 atom stereocenters. The molecule has 1 amide bonds. The maximum Gasteiger partial charge on any atom is 0.287 e. The maximum absolute atomic E-state index is 12.3. The average molecular weight is 415 g/mol. The number of benzene rings is 1. The van der Waals surface area contributed by atoms with E-state index in [2.05, 4.69) is 54.5 Å². The number of hydrogen-bond donors (Lipinski definition) is 2. The summed E-state index contributed by atoms with van der Waals surface area (Å²) in [5.41, 5.74) is 2.10. The monoisotopic (exact) mass is 414 g/mol. The molecule has 4 rings (SSSR count). The summed E-state index contributed by atoms with van der Waals surface area (Å²) in [4.78, 5) is 14.5. The summed E-state index contributed by atoms with van der Waals surface area (Å²) in [6.07, 6.45) is 1.94. The fourth-order valence-corrected chi connectivity index (χ4v) is 3.54. The van der Waals surface area contributed by atoms with Gasteiger partial charge in [-0.2, -0.15) is 5.10 Å². The van der Waals surface area contributed by atoms with Crippen molar-refractivity contribution in [1.82, 2.24) is 15.5 Å². The Morgan fingerprint density at radius 3 is 2.88 bits per heavy atom.